The van der Waals surface area contributed by atoms with Gasteiger partial charge in [-0.3, -0.25) is 0 Å². The van der Waals surface area contributed by atoms with E-state index in [2.05, 4.69) is 10.1 Å². The first-order valence-electron chi connectivity index (χ1n) is 4.87. The minimum absolute atomic E-state index is 0.00340. The third-order valence-corrected chi connectivity index (χ3v) is 2.61. The van der Waals surface area contributed by atoms with Crippen molar-refractivity contribution in [3.63, 3.8) is 0 Å². The zero-order valence-corrected chi connectivity index (χ0v) is 9.15. The van der Waals surface area contributed by atoms with Crippen molar-refractivity contribution in [1.29, 1.82) is 0 Å². The zero-order valence-electron chi connectivity index (χ0n) is 8.39. The Morgan fingerprint density at radius 3 is 3.00 bits per heavy atom. The summed E-state index contributed by atoms with van der Waals surface area (Å²) >= 11 is 5.84. The Morgan fingerprint density at radius 1 is 1.53 bits per heavy atom. The van der Waals surface area contributed by atoms with Gasteiger partial charge in [0.2, 0.25) is 0 Å². The van der Waals surface area contributed by atoms with Gasteiger partial charge in [0.1, 0.15) is 0 Å². The Labute approximate surface area is 92.5 Å². The highest BCUT2D eigenvalue weighted by Crippen LogP contribution is 2.17. The van der Waals surface area contributed by atoms with Crippen molar-refractivity contribution in [2.75, 3.05) is 6.61 Å². The van der Waals surface area contributed by atoms with E-state index in [0.717, 1.165) is 12.1 Å². The van der Waals surface area contributed by atoms with Crippen LogP contribution in [0.1, 0.15) is 25.1 Å². The summed E-state index contributed by atoms with van der Waals surface area (Å²) in [4.78, 5) is 4.33. The molecule has 1 unspecified atom stereocenters. The van der Waals surface area contributed by atoms with Crippen LogP contribution < -0.4 is 0 Å². The van der Waals surface area contributed by atoms with E-state index < -0.39 is 0 Å². The maximum absolute atomic E-state index is 9.14. The van der Waals surface area contributed by atoms with Crippen molar-refractivity contribution < 1.29 is 5.11 Å². The van der Waals surface area contributed by atoms with E-state index in [9.17, 15) is 0 Å². The van der Waals surface area contributed by atoms with Crippen LogP contribution in [0, 0.1) is 0 Å². The van der Waals surface area contributed by atoms with Gasteiger partial charge in [-0.25, -0.2) is 9.50 Å². The first kappa shape index (κ1) is 10.4. The molecule has 0 saturated heterocycles. The molecule has 0 aliphatic heterocycles. The average molecular weight is 226 g/mol. The highest BCUT2D eigenvalue weighted by Gasteiger charge is 2.13. The molecule has 0 fully saturated rings. The van der Waals surface area contributed by atoms with Crippen molar-refractivity contribution >= 4 is 17.2 Å². The molecule has 0 bridgehead atoms. The summed E-state index contributed by atoms with van der Waals surface area (Å²) in [5, 5.41) is 14.0. The summed E-state index contributed by atoms with van der Waals surface area (Å²) in [7, 11) is 0. The fraction of sp³-hybridized carbons (Fsp3) is 0.400. The fourth-order valence-electron chi connectivity index (χ4n) is 1.44. The molecule has 4 nitrogen and oxygen atoms in total. The Morgan fingerprint density at radius 2 is 2.33 bits per heavy atom. The number of hydrogen-bond acceptors (Lipinski definition) is 3. The van der Waals surface area contributed by atoms with Gasteiger partial charge in [-0.1, -0.05) is 18.5 Å². The van der Waals surface area contributed by atoms with Crippen LogP contribution in [0.15, 0.2) is 18.3 Å². The number of nitrogens with zero attached hydrogens (tertiary/aromatic N) is 3. The first-order valence-corrected chi connectivity index (χ1v) is 5.25. The van der Waals surface area contributed by atoms with Gasteiger partial charge >= 0.3 is 0 Å². The summed E-state index contributed by atoms with van der Waals surface area (Å²) in [5.41, 5.74) is 0.751. The van der Waals surface area contributed by atoms with Gasteiger partial charge in [0.15, 0.2) is 11.5 Å². The van der Waals surface area contributed by atoms with Gasteiger partial charge in [-0.2, -0.15) is 5.10 Å². The van der Waals surface area contributed by atoms with Gasteiger partial charge in [-0.15, -0.1) is 0 Å². The Balaban J connectivity index is 2.46. The maximum Gasteiger partial charge on any atom is 0.157 e. The van der Waals surface area contributed by atoms with E-state index in [0.29, 0.717) is 10.8 Å². The van der Waals surface area contributed by atoms with Gasteiger partial charge < -0.3 is 5.11 Å². The molecule has 5 heteroatoms. The number of pyridine rings is 1. The molecule has 0 radical (unpaired) electrons. The molecule has 1 N–H and O–H groups in total. The predicted molar refractivity (Wildman–Crippen MR) is 58.1 cm³/mol. The minimum Gasteiger partial charge on any atom is -0.396 e. The maximum atomic E-state index is 9.14. The van der Waals surface area contributed by atoms with Crippen molar-refractivity contribution in [3.8, 4) is 0 Å². The molecule has 0 aliphatic carbocycles. The number of aliphatic hydroxyl groups excluding tert-OH is 1. The zero-order chi connectivity index (χ0) is 10.8. The Kier molecular flexibility index (Phi) is 2.88. The molecule has 0 amide bonds. The number of fused-ring (bicyclic) bond motifs is 1. The smallest absolute Gasteiger partial charge is 0.157 e. The van der Waals surface area contributed by atoms with Crippen LogP contribution in [0.3, 0.4) is 0 Å². The van der Waals surface area contributed by atoms with Crippen LogP contribution in [0.25, 0.3) is 5.65 Å². The molecular weight excluding hydrogens is 214 g/mol. The van der Waals surface area contributed by atoms with Gasteiger partial charge in [0.05, 0.1) is 11.6 Å². The van der Waals surface area contributed by atoms with Crippen LogP contribution in [-0.4, -0.2) is 26.3 Å². The summed E-state index contributed by atoms with van der Waals surface area (Å²) < 4.78 is 1.63. The Hall–Kier alpha value is -1.13. The van der Waals surface area contributed by atoms with E-state index in [4.69, 9.17) is 16.7 Å². The predicted octanol–water partition coefficient (Wildman–Crippen LogP) is 1.87. The largest absolute Gasteiger partial charge is 0.396 e. The van der Waals surface area contributed by atoms with E-state index in [1.54, 1.807) is 16.8 Å². The third kappa shape index (κ3) is 1.96. The molecule has 15 heavy (non-hydrogen) atoms. The number of hydrogen-bond donors (Lipinski definition) is 1. The molecule has 2 aromatic heterocycles. The lowest BCUT2D eigenvalue weighted by Crippen LogP contribution is -2.04. The molecule has 0 spiro atoms. The monoisotopic (exact) mass is 225 g/mol. The summed E-state index contributed by atoms with van der Waals surface area (Å²) in [6, 6.07) is 3.58. The van der Waals surface area contributed by atoms with Crippen LogP contribution in [-0.2, 0) is 0 Å². The second kappa shape index (κ2) is 4.16. The summed E-state index contributed by atoms with van der Waals surface area (Å²) in [6.07, 6.45) is 2.53. The number of aliphatic hydroxyl groups is 1. The fourth-order valence-corrected chi connectivity index (χ4v) is 1.60. The van der Waals surface area contributed by atoms with Crippen molar-refractivity contribution in [2.45, 2.75) is 19.3 Å². The quantitative estimate of drug-likeness (QED) is 0.868. The third-order valence-electron chi connectivity index (χ3n) is 2.39. The second-order valence-corrected chi connectivity index (χ2v) is 3.84. The standard InChI is InChI=1S/C10H12ClN3O/c1-2-7(6-15)10-12-9-4-3-8(11)5-14(9)13-10/h3-5,7,15H,2,6H2,1H3. The van der Waals surface area contributed by atoms with E-state index in [1.807, 2.05) is 13.0 Å². The van der Waals surface area contributed by atoms with E-state index in [1.165, 1.54) is 0 Å². The van der Waals surface area contributed by atoms with E-state index >= 15 is 0 Å². The van der Waals surface area contributed by atoms with Crippen LogP contribution in [0.2, 0.25) is 5.02 Å². The SMILES string of the molecule is CCC(CO)c1nc2ccc(Cl)cn2n1. The lowest BCUT2D eigenvalue weighted by Gasteiger charge is -2.04. The van der Waals surface area contributed by atoms with E-state index in [-0.39, 0.29) is 12.5 Å². The van der Waals surface area contributed by atoms with Gasteiger partial charge in [0, 0.05) is 12.1 Å². The van der Waals surface area contributed by atoms with Crippen LogP contribution in [0.5, 0.6) is 0 Å². The molecule has 0 aliphatic rings. The lowest BCUT2D eigenvalue weighted by molar-refractivity contribution is 0.257. The molecule has 2 rings (SSSR count). The summed E-state index contributed by atoms with van der Waals surface area (Å²) in [5.74, 6) is 0.672. The lowest BCUT2D eigenvalue weighted by atomic mass is 10.1. The number of rotatable bonds is 3. The number of halogens is 1. The highest BCUT2D eigenvalue weighted by atomic mass is 35.5. The topological polar surface area (TPSA) is 50.4 Å². The molecule has 0 saturated carbocycles. The van der Waals surface area contributed by atoms with Crippen LogP contribution in [0.4, 0.5) is 0 Å². The molecule has 0 aromatic carbocycles. The summed E-state index contributed by atoms with van der Waals surface area (Å²) in [6.45, 7) is 2.07. The normalized spacial score (nSPS) is 13.3. The molecule has 2 aromatic rings. The van der Waals surface area contributed by atoms with Gasteiger partial charge in [-0.05, 0) is 18.6 Å². The molecular formula is C10H12ClN3O. The first-order chi connectivity index (χ1) is 7.24. The van der Waals surface area contributed by atoms with Gasteiger partial charge in [0.25, 0.3) is 0 Å². The van der Waals surface area contributed by atoms with Crippen molar-refractivity contribution in [3.05, 3.63) is 29.2 Å². The highest BCUT2D eigenvalue weighted by molar-refractivity contribution is 6.30. The molecule has 80 valence electrons. The average Bonchev–Trinajstić information content (AvgIpc) is 2.62. The second-order valence-electron chi connectivity index (χ2n) is 3.41. The molecule has 2 heterocycles. The van der Waals surface area contributed by atoms with Crippen LogP contribution >= 0.6 is 11.6 Å². The van der Waals surface area contributed by atoms with Crippen molar-refractivity contribution in [1.82, 2.24) is 14.6 Å². The van der Waals surface area contributed by atoms with Crippen molar-refractivity contribution in [2.24, 2.45) is 0 Å². The minimum atomic E-state index is 0.00340. The number of aromatic nitrogens is 3. The molecule has 1 atom stereocenters. The Bertz CT molecular complexity index is 465.